The van der Waals surface area contributed by atoms with E-state index in [1.54, 1.807) is 30.6 Å². The van der Waals surface area contributed by atoms with Crippen molar-refractivity contribution >= 4 is 38.1 Å². The van der Waals surface area contributed by atoms with Gasteiger partial charge in [-0.3, -0.25) is 20.2 Å². The summed E-state index contributed by atoms with van der Waals surface area (Å²) in [5, 5.41) is 29.7. The highest BCUT2D eigenvalue weighted by atomic mass is 32.1. The first kappa shape index (κ1) is 17.5. The first-order chi connectivity index (χ1) is 13.5. The fourth-order valence-electron chi connectivity index (χ4n) is 2.58. The number of non-ortho nitro benzene ring substituents is 1. The van der Waals surface area contributed by atoms with Crippen molar-refractivity contribution in [3.8, 4) is 5.95 Å². The number of rotatable bonds is 6. The Morgan fingerprint density at radius 2 is 1.96 bits per heavy atom. The second-order valence-corrected chi connectivity index (χ2v) is 6.67. The number of fused-ring (bicyclic) bond motifs is 1. The SMILES string of the molecule is O=[N+]([O-])c1cccc(CNc2nc(-n3cccn3)nc3sc([N+](=O)[O-])cc23)c1. The zero-order valence-electron chi connectivity index (χ0n) is 14.1. The molecule has 0 saturated carbocycles. The number of hydrogen-bond donors (Lipinski definition) is 1. The summed E-state index contributed by atoms with van der Waals surface area (Å²) in [5.74, 6) is 0.641. The molecule has 0 aliphatic rings. The third-order valence-electron chi connectivity index (χ3n) is 3.84. The molecule has 11 nitrogen and oxygen atoms in total. The molecule has 140 valence electrons. The number of nitrogens with one attached hydrogen (secondary N) is 1. The molecule has 1 aromatic carbocycles. The van der Waals surface area contributed by atoms with Crippen molar-refractivity contribution < 1.29 is 9.85 Å². The molecule has 4 rings (SSSR count). The van der Waals surface area contributed by atoms with E-state index in [9.17, 15) is 20.2 Å². The van der Waals surface area contributed by atoms with Gasteiger partial charge in [-0.25, -0.2) is 4.68 Å². The molecule has 3 heterocycles. The number of aromatic nitrogens is 4. The van der Waals surface area contributed by atoms with Crippen LogP contribution in [-0.2, 0) is 6.54 Å². The van der Waals surface area contributed by atoms with Crippen LogP contribution in [0.3, 0.4) is 0 Å². The van der Waals surface area contributed by atoms with Crippen LogP contribution in [0.4, 0.5) is 16.5 Å². The molecule has 0 bridgehead atoms. The molecule has 0 spiro atoms. The Kier molecular flexibility index (Phi) is 4.37. The molecule has 0 aliphatic carbocycles. The molecule has 28 heavy (non-hydrogen) atoms. The maximum absolute atomic E-state index is 11.1. The molecule has 0 amide bonds. The van der Waals surface area contributed by atoms with E-state index in [0.717, 1.165) is 11.3 Å². The summed E-state index contributed by atoms with van der Waals surface area (Å²) in [6, 6.07) is 9.31. The summed E-state index contributed by atoms with van der Waals surface area (Å²) >= 11 is 0.938. The summed E-state index contributed by atoms with van der Waals surface area (Å²) in [6.07, 6.45) is 3.23. The molecule has 0 unspecified atom stereocenters. The van der Waals surface area contributed by atoms with E-state index in [-0.39, 0.29) is 23.2 Å². The second-order valence-electron chi connectivity index (χ2n) is 5.66. The van der Waals surface area contributed by atoms with Gasteiger partial charge in [-0.15, -0.1) is 0 Å². The first-order valence-corrected chi connectivity index (χ1v) is 8.76. The van der Waals surface area contributed by atoms with E-state index in [4.69, 9.17) is 0 Å². The van der Waals surface area contributed by atoms with E-state index in [1.165, 1.54) is 22.9 Å². The fourth-order valence-corrected chi connectivity index (χ4v) is 3.42. The second kappa shape index (κ2) is 7.00. The minimum Gasteiger partial charge on any atom is -0.365 e. The number of hydrogen-bond acceptors (Lipinski definition) is 9. The van der Waals surface area contributed by atoms with Crippen LogP contribution in [0.1, 0.15) is 5.56 Å². The number of anilines is 1. The van der Waals surface area contributed by atoms with E-state index in [1.807, 2.05) is 0 Å². The Morgan fingerprint density at radius 1 is 1.11 bits per heavy atom. The van der Waals surface area contributed by atoms with Crippen molar-refractivity contribution in [3.63, 3.8) is 0 Å². The van der Waals surface area contributed by atoms with E-state index in [0.29, 0.717) is 21.6 Å². The Hall–Kier alpha value is -3.93. The Labute approximate surface area is 160 Å². The largest absolute Gasteiger partial charge is 0.365 e. The maximum Gasteiger partial charge on any atom is 0.326 e. The van der Waals surface area contributed by atoms with Crippen molar-refractivity contribution in [2.75, 3.05) is 5.32 Å². The summed E-state index contributed by atoms with van der Waals surface area (Å²) in [6.45, 7) is 0.246. The van der Waals surface area contributed by atoms with Crippen LogP contribution in [0.5, 0.6) is 0 Å². The number of nitro groups is 2. The lowest BCUT2D eigenvalue weighted by atomic mass is 10.2. The molecule has 4 aromatic rings. The fraction of sp³-hybridized carbons (Fsp3) is 0.0625. The molecule has 0 atom stereocenters. The van der Waals surface area contributed by atoms with Crippen molar-refractivity contribution in [2.24, 2.45) is 0 Å². The number of nitrogens with zero attached hydrogens (tertiary/aromatic N) is 6. The Morgan fingerprint density at radius 3 is 2.68 bits per heavy atom. The summed E-state index contributed by atoms with van der Waals surface area (Å²) in [5.41, 5.74) is 0.655. The van der Waals surface area contributed by atoms with Crippen molar-refractivity contribution in [1.82, 2.24) is 19.7 Å². The quantitative estimate of drug-likeness (QED) is 0.386. The molecule has 0 radical (unpaired) electrons. The number of thiophene rings is 1. The average Bonchev–Trinajstić information content (AvgIpc) is 3.35. The normalized spacial score (nSPS) is 10.9. The van der Waals surface area contributed by atoms with Gasteiger partial charge in [0.05, 0.1) is 15.2 Å². The van der Waals surface area contributed by atoms with Crippen LogP contribution in [0.15, 0.2) is 48.8 Å². The van der Waals surface area contributed by atoms with Gasteiger partial charge in [-0.05, 0) is 23.0 Å². The molecule has 12 heteroatoms. The van der Waals surface area contributed by atoms with Crippen molar-refractivity contribution in [2.45, 2.75) is 6.54 Å². The van der Waals surface area contributed by atoms with Gasteiger partial charge in [-0.1, -0.05) is 12.1 Å². The molecule has 0 aliphatic heterocycles. The van der Waals surface area contributed by atoms with E-state index in [2.05, 4.69) is 20.4 Å². The van der Waals surface area contributed by atoms with E-state index < -0.39 is 9.85 Å². The van der Waals surface area contributed by atoms with Crippen LogP contribution in [0.25, 0.3) is 16.2 Å². The third kappa shape index (κ3) is 3.35. The lowest BCUT2D eigenvalue weighted by Crippen LogP contribution is -2.07. The Bertz CT molecular complexity index is 1190. The summed E-state index contributed by atoms with van der Waals surface area (Å²) in [4.78, 5) is 30.3. The van der Waals surface area contributed by atoms with Gasteiger partial charge in [0.25, 0.3) is 11.6 Å². The van der Waals surface area contributed by atoms with E-state index >= 15 is 0 Å². The van der Waals surface area contributed by atoms with Gasteiger partial charge in [0.15, 0.2) is 0 Å². The van der Waals surface area contributed by atoms with Gasteiger partial charge in [0.1, 0.15) is 10.6 Å². The highest BCUT2D eigenvalue weighted by molar-refractivity contribution is 7.21. The van der Waals surface area contributed by atoms with Crippen LogP contribution in [-0.4, -0.2) is 29.6 Å². The smallest absolute Gasteiger partial charge is 0.326 e. The van der Waals surface area contributed by atoms with Crippen LogP contribution < -0.4 is 5.32 Å². The average molecular weight is 397 g/mol. The predicted octanol–water partition coefficient (Wildman–Crippen LogP) is 3.31. The van der Waals surface area contributed by atoms with Crippen LogP contribution in [0.2, 0.25) is 0 Å². The van der Waals surface area contributed by atoms with Gasteiger partial charge >= 0.3 is 5.00 Å². The topological polar surface area (TPSA) is 142 Å². The van der Waals surface area contributed by atoms with Crippen molar-refractivity contribution in [3.05, 3.63) is 74.6 Å². The lowest BCUT2D eigenvalue weighted by Gasteiger charge is -2.09. The molecule has 0 fully saturated rings. The highest BCUT2D eigenvalue weighted by Gasteiger charge is 2.18. The van der Waals surface area contributed by atoms with Crippen LogP contribution >= 0.6 is 11.3 Å². The molecular formula is C16H11N7O4S. The minimum absolute atomic E-state index is 0.0180. The minimum atomic E-state index is -0.482. The number of nitro benzene ring substituents is 1. The molecular weight excluding hydrogens is 386 g/mol. The van der Waals surface area contributed by atoms with Crippen LogP contribution in [0, 0.1) is 20.2 Å². The standard InChI is InChI=1S/C16H11N7O4S/c24-22(25)11-4-1-3-10(7-11)9-17-14-12-8-13(23(26)27)28-15(12)20-16(19-14)21-6-2-5-18-21/h1-8H,9H2,(H,17,19,20). The molecule has 0 saturated heterocycles. The predicted molar refractivity (Wildman–Crippen MR) is 102 cm³/mol. The van der Waals surface area contributed by atoms with Gasteiger partial charge in [0, 0.05) is 37.1 Å². The zero-order chi connectivity index (χ0) is 19.7. The summed E-state index contributed by atoms with van der Waals surface area (Å²) < 4.78 is 1.45. The maximum atomic E-state index is 11.1. The molecule has 1 N–H and O–H groups in total. The Balaban J connectivity index is 1.73. The van der Waals surface area contributed by atoms with Crippen molar-refractivity contribution in [1.29, 1.82) is 0 Å². The first-order valence-electron chi connectivity index (χ1n) is 7.94. The molecule has 3 aromatic heterocycles. The summed E-state index contributed by atoms with van der Waals surface area (Å²) in [7, 11) is 0. The highest BCUT2D eigenvalue weighted by Crippen LogP contribution is 2.34. The van der Waals surface area contributed by atoms with Gasteiger partial charge in [-0.2, -0.15) is 15.1 Å². The lowest BCUT2D eigenvalue weighted by molar-refractivity contribution is -0.384. The van der Waals surface area contributed by atoms with Gasteiger partial charge < -0.3 is 5.32 Å². The zero-order valence-corrected chi connectivity index (χ0v) is 14.9. The monoisotopic (exact) mass is 397 g/mol. The number of benzene rings is 1. The third-order valence-corrected chi connectivity index (χ3v) is 4.82. The van der Waals surface area contributed by atoms with Gasteiger partial charge in [0.2, 0.25) is 0 Å².